The van der Waals surface area contributed by atoms with E-state index in [4.69, 9.17) is 9.47 Å². The van der Waals surface area contributed by atoms with Gasteiger partial charge in [-0.2, -0.15) is 4.98 Å². The molecule has 144 valence electrons. The molecule has 0 radical (unpaired) electrons. The Labute approximate surface area is 159 Å². The molecule has 1 fully saturated rings. The molecule has 1 aliphatic rings. The third-order valence-corrected chi connectivity index (χ3v) is 4.09. The number of amides is 1. The zero-order chi connectivity index (χ0) is 19.1. The zero-order valence-electron chi connectivity index (χ0n) is 15.7. The molecule has 1 amide bonds. The van der Waals surface area contributed by atoms with Crippen molar-refractivity contribution in [3.8, 4) is 0 Å². The molecule has 0 bridgehead atoms. The fourth-order valence-electron chi connectivity index (χ4n) is 2.73. The fraction of sp³-hybridized carbons (Fsp3) is 0.421. The second-order valence-electron chi connectivity index (χ2n) is 6.43. The van der Waals surface area contributed by atoms with E-state index in [0.29, 0.717) is 37.3 Å². The van der Waals surface area contributed by atoms with Gasteiger partial charge in [0.1, 0.15) is 12.3 Å². The van der Waals surface area contributed by atoms with Crippen molar-refractivity contribution in [2.75, 3.05) is 62.1 Å². The Hall–Kier alpha value is -2.71. The summed E-state index contributed by atoms with van der Waals surface area (Å²) in [6.07, 6.45) is 1.64. The molecule has 2 heterocycles. The third kappa shape index (κ3) is 5.38. The molecule has 3 rings (SSSR count). The highest BCUT2D eigenvalue weighted by Gasteiger charge is 2.18. The molecule has 1 aliphatic heterocycles. The predicted molar refractivity (Wildman–Crippen MR) is 104 cm³/mol. The van der Waals surface area contributed by atoms with Crippen LogP contribution in [0.2, 0.25) is 0 Å². The first kappa shape index (κ1) is 19.1. The molecule has 1 saturated heterocycles. The number of morpholine rings is 1. The molecule has 1 N–H and O–H groups in total. The Bertz CT molecular complexity index is 748. The van der Waals surface area contributed by atoms with Crippen LogP contribution in [0.25, 0.3) is 0 Å². The Morgan fingerprint density at radius 3 is 2.70 bits per heavy atom. The molecule has 0 atom stereocenters. The van der Waals surface area contributed by atoms with Crippen molar-refractivity contribution in [3.63, 3.8) is 0 Å². The van der Waals surface area contributed by atoms with Crippen molar-refractivity contribution in [3.05, 3.63) is 42.1 Å². The van der Waals surface area contributed by atoms with Crippen LogP contribution < -0.4 is 15.1 Å². The molecule has 0 saturated carbocycles. The van der Waals surface area contributed by atoms with Crippen molar-refractivity contribution >= 4 is 23.4 Å². The van der Waals surface area contributed by atoms with Crippen molar-refractivity contribution in [1.82, 2.24) is 9.97 Å². The van der Waals surface area contributed by atoms with Crippen LogP contribution in [0.1, 0.15) is 5.56 Å². The van der Waals surface area contributed by atoms with E-state index in [-0.39, 0.29) is 12.5 Å². The van der Waals surface area contributed by atoms with Crippen LogP contribution in [-0.2, 0) is 20.9 Å². The monoisotopic (exact) mass is 371 g/mol. The highest BCUT2D eigenvalue weighted by atomic mass is 16.5. The van der Waals surface area contributed by atoms with Crippen LogP contribution in [0.4, 0.5) is 17.5 Å². The van der Waals surface area contributed by atoms with Gasteiger partial charge in [-0.3, -0.25) is 4.79 Å². The standard InChI is InChI=1S/C19H25N5O3/c1-23(2)18-16(12-20-19(22-18)24-8-10-26-11-9-24)21-17(25)14-27-13-15-6-4-3-5-7-15/h3-7,12H,8-11,13-14H2,1-2H3,(H,21,25). The number of carbonyl (C=O) groups is 1. The summed E-state index contributed by atoms with van der Waals surface area (Å²) < 4.78 is 10.9. The first-order valence-corrected chi connectivity index (χ1v) is 8.92. The van der Waals surface area contributed by atoms with Gasteiger partial charge < -0.3 is 24.6 Å². The van der Waals surface area contributed by atoms with Gasteiger partial charge in [-0.25, -0.2) is 4.98 Å². The number of benzene rings is 1. The van der Waals surface area contributed by atoms with Gasteiger partial charge in [0.15, 0.2) is 5.82 Å². The van der Waals surface area contributed by atoms with E-state index in [2.05, 4.69) is 20.2 Å². The quantitative estimate of drug-likeness (QED) is 0.791. The molecule has 0 aliphatic carbocycles. The first-order chi connectivity index (χ1) is 13.1. The Morgan fingerprint density at radius 2 is 2.00 bits per heavy atom. The van der Waals surface area contributed by atoms with Crippen molar-refractivity contribution in [2.45, 2.75) is 6.61 Å². The number of hydrogen-bond donors (Lipinski definition) is 1. The number of hydrogen-bond acceptors (Lipinski definition) is 7. The van der Waals surface area contributed by atoms with E-state index < -0.39 is 0 Å². The van der Waals surface area contributed by atoms with Gasteiger partial charge in [0.25, 0.3) is 5.91 Å². The second kappa shape index (κ2) is 9.29. The van der Waals surface area contributed by atoms with Crippen LogP contribution in [-0.4, -0.2) is 62.9 Å². The fourth-order valence-corrected chi connectivity index (χ4v) is 2.73. The van der Waals surface area contributed by atoms with E-state index in [1.54, 1.807) is 6.20 Å². The molecular weight excluding hydrogens is 346 g/mol. The molecule has 0 unspecified atom stereocenters. The number of nitrogens with zero attached hydrogens (tertiary/aromatic N) is 4. The largest absolute Gasteiger partial charge is 0.378 e. The lowest BCUT2D eigenvalue weighted by atomic mass is 10.2. The molecular formula is C19H25N5O3. The molecule has 1 aromatic carbocycles. The highest BCUT2D eigenvalue weighted by Crippen LogP contribution is 2.24. The molecule has 8 nitrogen and oxygen atoms in total. The topological polar surface area (TPSA) is 79.8 Å². The number of carbonyl (C=O) groups excluding carboxylic acids is 1. The van der Waals surface area contributed by atoms with Gasteiger partial charge in [0, 0.05) is 27.2 Å². The van der Waals surface area contributed by atoms with Gasteiger partial charge in [-0.05, 0) is 5.56 Å². The summed E-state index contributed by atoms with van der Waals surface area (Å²) in [4.78, 5) is 25.2. The van der Waals surface area contributed by atoms with Crippen LogP contribution in [0, 0.1) is 0 Å². The van der Waals surface area contributed by atoms with Gasteiger partial charge in [-0.15, -0.1) is 0 Å². The summed E-state index contributed by atoms with van der Waals surface area (Å²) in [5.41, 5.74) is 1.59. The van der Waals surface area contributed by atoms with Crippen LogP contribution in [0.5, 0.6) is 0 Å². The molecule has 27 heavy (non-hydrogen) atoms. The normalized spacial score (nSPS) is 14.1. The third-order valence-electron chi connectivity index (χ3n) is 4.09. The number of rotatable bonds is 7. The SMILES string of the molecule is CN(C)c1nc(N2CCOCC2)ncc1NC(=O)COCc1ccccc1. The van der Waals surface area contributed by atoms with Crippen molar-refractivity contribution in [1.29, 1.82) is 0 Å². The van der Waals surface area contributed by atoms with E-state index in [9.17, 15) is 4.79 Å². The Balaban J connectivity index is 1.60. The molecule has 8 heteroatoms. The van der Waals surface area contributed by atoms with E-state index in [1.165, 1.54) is 0 Å². The summed E-state index contributed by atoms with van der Waals surface area (Å²) in [6, 6.07) is 9.74. The minimum atomic E-state index is -0.239. The maximum atomic E-state index is 12.2. The lowest BCUT2D eigenvalue weighted by Gasteiger charge is -2.28. The summed E-state index contributed by atoms with van der Waals surface area (Å²) in [7, 11) is 3.76. The average Bonchev–Trinajstić information content (AvgIpc) is 2.69. The maximum Gasteiger partial charge on any atom is 0.250 e. The second-order valence-corrected chi connectivity index (χ2v) is 6.43. The maximum absolute atomic E-state index is 12.2. The van der Waals surface area contributed by atoms with Crippen LogP contribution in [0.3, 0.4) is 0 Å². The van der Waals surface area contributed by atoms with Crippen LogP contribution >= 0.6 is 0 Å². The average molecular weight is 371 g/mol. The Morgan fingerprint density at radius 1 is 1.26 bits per heavy atom. The number of nitrogens with one attached hydrogen (secondary N) is 1. The summed E-state index contributed by atoms with van der Waals surface area (Å²) in [6.45, 7) is 3.20. The van der Waals surface area contributed by atoms with Gasteiger partial charge in [0.2, 0.25) is 5.95 Å². The van der Waals surface area contributed by atoms with E-state index >= 15 is 0 Å². The zero-order valence-corrected chi connectivity index (χ0v) is 15.7. The van der Waals surface area contributed by atoms with Gasteiger partial charge >= 0.3 is 0 Å². The lowest BCUT2D eigenvalue weighted by molar-refractivity contribution is -0.121. The van der Waals surface area contributed by atoms with Gasteiger partial charge in [-0.1, -0.05) is 30.3 Å². The van der Waals surface area contributed by atoms with E-state index in [0.717, 1.165) is 18.7 Å². The van der Waals surface area contributed by atoms with Crippen LogP contribution in [0.15, 0.2) is 36.5 Å². The number of ether oxygens (including phenoxy) is 2. The number of anilines is 3. The molecule has 2 aromatic rings. The minimum Gasteiger partial charge on any atom is -0.378 e. The Kier molecular flexibility index (Phi) is 6.56. The molecule has 1 aromatic heterocycles. The summed E-state index contributed by atoms with van der Waals surface area (Å²) >= 11 is 0. The smallest absolute Gasteiger partial charge is 0.250 e. The van der Waals surface area contributed by atoms with Crippen molar-refractivity contribution < 1.29 is 14.3 Å². The van der Waals surface area contributed by atoms with E-state index in [1.807, 2.05) is 49.3 Å². The summed E-state index contributed by atoms with van der Waals surface area (Å²) in [5, 5.41) is 2.83. The highest BCUT2D eigenvalue weighted by molar-refractivity contribution is 5.94. The van der Waals surface area contributed by atoms with Gasteiger partial charge in [0.05, 0.1) is 26.0 Å². The molecule has 0 spiro atoms. The van der Waals surface area contributed by atoms with Crippen molar-refractivity contribution in [2.24, 2.45) is 0 Å². The predicted octanol–water partition coefficient (Wildman–Crippen LogP) is 1.53. The number of aromatic nitrogens is 2. The minimum absolute atomic E-state index is 0.0347. The first-order valence-electron chi connectivity index (χ1n) is 8.92. The summed E-state index contributed by atoms with van der Waals surface area (Å²) in [5.74, 6) is 1.06. The lowest BCUT2D eigenvalue weighted by Crippen LogP contribution is -2.37.